The Morgan fingerprint density at radius 3 is 2.38 bits per heavy atom. The van der Waals surface area contributed by atoms with Gasteiger partial charge in [0.05, 0.1) is 25.6 Å². The van der Waals surface area contributed by atoms with E-state index in [1.54, 1.807) is 25.5 Å². The van der Waals surface area contributed by atoms with Crippen LogP contribution in [0.5, 0.6) is 0 Å². The SMILES string of the molecule is Cc1cccc(CC(=O)N2CCN(C)C(=O)[C@H](C)NC(=O)CN(C)C(=O)[C@@H](Cc3c[nH]c4ccccc34)NC(=O)c3csc(n3)[C@H](CC(C)C)NC(=O)C2)c1. The van der Waals surface area contributed by atoms with Gasteiger partial charge in [0.25, 0.3) is 5.91 Å². The molecule has 0 fully saturated rings. The minimum Gasteiger partial charge on any atom is -0.361 e. The number of aromatic nitrogens is 2. The van der Waals surface area contributed by atoms with Crippen molar-refractivity contribution in [1.82, 2.24) is 40.6 Å². The molecule has 0 spiro atoms. The number of H-pyrrole nitrogens is 1. The zero-order valence-electron chi connectivity index (χ0n) is 32.2. The van der Waals surface area contributed by atoms with Crippen LogP contribution in [0.25, 0.3) is 10.9 Å². The number of para-hydroxylation sites is 1. The number of amides is 6. The van der Waals surface area contributed by atoms with Gasteiger partial charge in [0.2, 0.25) is 29.5 Å². The topological polar surface area (TPSA) is 177 Å². The summed E-state index contributed by atoms with van der Waals surface area (Å²) in [5, 5.41) is 11.5. The van der Waals surface area contributed by atoms with Crippen molar-refractivity contribution >= 4 is 57.7 Å². The molecule has 3 heterocycles. The van der Waals surface area contributed by atoms with Crippen LogP contribution in [0.4, 0.5) is 0 Å². The Bertz CT molecular complexity index is 2040. The van der Waals surface area contributed by atoms with Gasteiger partial charge in [-0.3, -0.25) is 28.8 Å². The molecule has 2 aromatic heterocycles. The summed E-state index contributed by atoms with van der Waals surface area (Å²) >= 11 is 1.22. The summed E-state index contributed by atoms with van der Waals surface area (Å²) in [6.45, 7) is 7.02. The van der Waals surface area contributed by atoms with Crippen molar-refractivity contribution < 1.29 is 28.8 Å². The smallest absolute Gasteiger partial charge is 0.271 e. The van der Waals surface area contributed by atoms with Crippen LogP contribution in [0, 0.1) is 12.8 Å². The van der Waals surface area contributed by atoms with Crippen LogP contribution in [-0.4, -0.2) is 112 Å². The molecule has 0 saturated heterocycles. The number of hydrogen-bond donors (Lipinski definition) is 4. The predicted octanol–water partition coefficient (Wildman–Crippen LogP) is 2.98. The summed E-state index contributed by atoms with van der Waals surface area (Å²) in [5.74, 6) is -2.64. The molecule has 5 rings (SSSR count). The quantitative estimate of drug-likeness (QED) is 0.233. The van der Waals surface area contributed by atoms with Gasteiger partial charge in [0, 0.05) is 56.1 Å². The molecule has 6 amide bonds. The van der Waals surface area contributed by atoms with Crippen LogP contribution in [0.2, 0.25) is 0 Å². The van der Waals surface area contributed by atoms with E-state index in [2.05, 4.69) is 25.9 Å². The number of aromatic amines is 1. The van der Waals surface area contributed by atoms with Crippen LogP contribution in [0.1, 0.15) is 65.4 Å². The molecule has 1 aliphatic heterocycles. The predicted molar refractivity (Wildman–Crippen MR) is 210 cm³/mol. The van der Waals surface area contributed by atoms with E-state index in [0.29, 0.717) is 11.4 Å². The van der Waals surface area contributed by atoms with Gasteiger partial charge in [-0.2, -0.15) is 0 Å². The van der Waals surface area contributed by atoms with Gasteiger partial charge in [0.15, 0.2) is 0 Å². The average Bonchev–Trinajstić information content (AvgIpc) is 3.79. The van der Waals surface area contributed by atoms with E-state index in [-0.39, 0.29) is 56.5 Å². The summed E-state index contributed by atoms with van der Waals surface area (Å²) < 4.78 is 0. The fourth-order valence-electron chi connectivity index (χ4n) is 6.63. The molecule has 2 aromatic carbocycles. The number of aryl methyl sites for hydroxylation is 1. The first-order valence-corrected chi connectivity index (χ1v) is 19.3. The lowest BCUT2D eigenvalue weighted by molar-refractivity contribution is -0.139. The van der Waals surface area contributed by atoms with Crippen LogP contribution in [0.3, 0.4) is 0 Å². The van der Waals surface area contributed by atoms with E-state index < -0.39 is 47.7 Å². The Morgan fingerprint density at radius 1 is 0.891 bits per heavy atom. The van der Waals surface area contributed by atoms with E-state index in [1.165, 1.54) is 33.1 Å². The zero-order chi connectivity index (χ0) is 39.8. The highest BCUT2D eigenvalue weighted by Crippen LogP contribution is 2.25. The Kier molecular flexibility index (Phi) is 13.4. The van der Waals surface area contributed by atoms with Crippen LogP contribution in [0.15, 0.2) is 60.1 Å². The molecule has 14 nitrogen and oxygen atoms in total. The van der Waals surface area contributed by atoms with Gasteiger partial charge in [-0.05, 0) is 43.4 Å². The first-order chi connectivity index (χ1) is 26.2. The largest absolute Gasteiger partial charge is 0.361 e. The van der Waals surface area contributed by atoms with E-state index in [1.807, 2.05) is 69.3 Å². The molecule has 15 heteroatoms. The minimum atomic E-state index is -1.07. The summed E-state index contributed by atoms with van der Waals surface area (Å²) in [7, 11) is 3.03. The lowest BCUT2D eigenvalue weighted by atomic mass is 10.0. The second-order valence-corrected chi connectivity index (χ2v) is 15.5. The van der Waals surface area contributed by atoms with Gasteiger partial charge < -0.3 is 35.6 Å². The standard InChI is InChI=1S/C40H50N8O6S/c1-24(2)16-31-38-45-33(23-55-38)37(52)44-32(19-28-20-41-30-13-8-7-12-29(28)30)40(54)47(6)21-34(49)42-26(4)39(53)46(5)14-15-48(22-35(50)43-31)36(51)18-27-11-9-10-25(3)17-27/h7-13,17,20,23-24,26,31-32,41H,14-16,18-19,21-22H2,1-6H3,(H,42,49)(H,43,50)(H,44,52)/t26-,31-,32+/m0/s1. The highest BCUT2D eigenvalue weighted by molar-refractivity contribution is 7.09. The molecule has 0 saturated carbocycles. The van der Waals surface area contributed by atoms with Crippen molar-refractivity contribution in [2.24, 2.45) is 5.92 Å². The number of thiazole rings is 1. The second kappa shape index (κ2) is 18.2. The maximum atomic E-state index is 13.9. The molecule has 55 heavy (non-hydrogen) atoms. The normalized spacial score (nSPS) is 19.9. The Hall–Kier alpha value is -5.57. The van der Waals surface area contributed by atoms with Crippen molar-refractivity contribution in [2.75, 3.05) is 40.3 Å². The number of benzene rings is 2. The molecule has 292 valence electrons. The van der Waals surface area contributed by atoms with Crippen LogP contribution in [-0.2, 0) is 36.8 Å². The molecular formula is C40H50N8O6S. The number of nitrogens with zero attached hydrogens (tertiary/aromatic N) is 4. The minimum absolute atomic E-state index is 0.0620. The first-order valence-electron chi connectivity index (χ1n) is 18.4. The number of carbonyl (C=O) groups excluding carboxylic acids is 6. The maximum Gasteiger partial charge on any atom is 0.271 e. The lowest BCUT2D eigenvalue weighted by Crippen LogP contribution is -2.53. The molecule has 4 aromatic rings. The summed E-state index contributed by atoms with van der Waals surface area (Å²) in [4.78, 5) is 93.5. The van der Waals surface area contributed by atoms with Crippen molar-refractivity contribution in [1.29, 1.82) is 0 Å². The fourth-order valence-corrected chi connectivity index (χ4v) is 7.49. The summed E-state index contributed by atoms with van der Waals surface area (Å²) in [6.07, 6.45) is 2.49. The fraction of sp³-hybridized carbons (Fsp3) is 0.425. The summed E-state index contributed by atoms with van der Waals surface area (Å²) in [6, 6.07) is 12.6. The molecule has 0 radical (unpaired) electrons. The number of rotatable bonds is 6. The average molecular weight is 771 g/mol. The number of fused-ring (bicyclic) bond motifs is 3. The van der Waals surface area contributed by atoms with E-state index >= 15 is 0 Å². The highest BCUT2D eigenvalue weighted by Gasteiger charge is 2.30. The summed E-state index contributed by atoms with van der Waals surface area (Å²) in [5.41, 5.74) is 3.55. The van der Waals surface area contributed by atoms with Crippen LogP contribution < -0.4 is 16.0 Å². The highest BCUT2D eigenvalue weighted by atomic mass is 32.1. The van der Waals surface area contributed by atoms with Gasteiger partial charge in [-0.25, -0.2) is 4.98 Å². The molecule has 0 unspecified atom stereocenters. The molecule has 4 N–H and O–H groups in total. The van der Waals surface area contributed by atoms with Crippen molar-refractivity contribution in [3.63, 3.8) is 0 Å². The van der Waals surface area contributed by atoms with Crippen molar-refractivity contribution in [2.45, 2.75) is 65.1 Å². The van der Waals surface area contributed by atoms with Gasteiger partial charge >= 0.3 is 0 Å². The Morgan fingerprint density at radius 2 is 1.64 bits per heavy atom. The third-order valence-corrected chi connectivity index (χ3v) is 10.5. The first kappa shape index (κ1) is 40.6. The third-order valence-electron chi connectivity index (χ3n) is 9.51. The van der Waals surface area contributed by atoms with E-state index in [4.69, 9.17) is 0 Å². The van der Waals surface area contributed by atoms with Crippen molar-refractivity contribution in [3.05, 3.63) is 87.5 Å². The van der Waals surface area contributed by atoms with E-state index in [0.717, 1.165) is 27.6 Å². The molecule has 2 bridgehead atoms. The third kappa shape index (κ3) is 10.8. The van der Waals surface area contributed by atoms with Gasteiger partial charge in [-0.15, -0.1) is 11.3 Å². The number of likely N-dealkylation sites (N-methyl/N-ethyl adjacent to an activating group) is 2. The number of carbonyl (C=O) groups is 6. The molecule has 1 aliphatic rings. The van der Waals surface area contributed by atoms with Crippen molar-refractivity contribution in [3.8, 4) is 0 Å². The molecular weight excluding hydrogens is 721 g/mol. The van der Waals surface area contributed by atoms with Gasteiger partial charge in [-0.1, -0.05) is 61.9 Å². The molecule has 0 aliphatic carbocycles. The Balaban J connectivity index is 1.45. The second-order valence-electron chi connectivity index (χ2n) is 14.6. The monoisotopic (exact) mass is 770 g/mol. The van der Waals surface area contributed by atoms with Gasteiger partial charge in [0.1, 0.15) is 22.8 Å². The molecule has 3 atom stereocenters. The maximum absolute atomic E-state index is 13.9. The zero-order valence-corrected chi connectivity index (χ0v) is 33.0. The number of hydrogen-bond acceptors (Lipinski definition) is 8. The Labute approximate surface area is 325 Å². The lowest BCUT2D eigenvalue weighted by Gasteiger charge is -2.28. The number of nitrogens with one attached hydrogen (secondary N) is 4. The van der Waals surface area contributed by atoms with Crippen LogP contribution >= 0.6 is 11.3 Å². The van der Waals surface area contributed by atoms with E-state index in [9.17, 15) is 28.8 Å².